The molecule has 2 heterocycles. The van der Waals surface area contributed by atoms with E-state index in [4.69, 9.17) is 4.74 Å². The zero-order chi connectivity index (χ0) is 18.1. The number of hydrogen-bond donors (Lipinski definition) is 0. The minimum atomic E-state index is -4.31. The molecule has 2 aliphatic rings. The highest BCUT2D eigenvalue weighted by Crippen LogP contribution is 2.40. The molecule has 4 rings (SSSR count). The summed E-state index contributed by atoms with van der Waals surface area (Å²) in [4.78, 5) is 9.53. The van der Waals surface area contributed by atoms with Crippen LogP contribution in [0.2, 0.25) is 0 Å². The van der Waals surface area contributed by atoms with Gasteiger partial charge in [0.1, 0.15) is 5.82 Å². The lowest BCUT2D eigenvalue weighted by Gasteiger charge is -2.29. The Balaban J connectivity index is 1.42. The molecule has 1 aromatic heterocycles. The van der Waals surface area contributed by atoms with Gasteiger partial charge in [0.25, 0.3) is 0 Å². The molecule has 1 aromatic carbocycles. The summed E-state index contributed by atoms with van der Waals surface area (Å²) in [5.41, 5.74) is 0.346. The third-order valence-electron chi connectivity index (χ3n) is 4.71. The Hall–Kier alpha value is -1.60. The first-order valence-corrected chi connectivity index (χ1v) is 9.64. The molecular formula is C19H19F3N2OS. The van der Waals surface area contributed by atoms with Gasteiger partial charge >= 0.3 is 6.18 Å². The van der Waals surface area contributed by atoms with Crippen molar-refractivity contribution in [2.45, 2.75) is 54.0 Å². The molecular weight excluding hydrogens is 361 g/mol. The summed E-state index contributed by atoms with van der Waals surface area (Å²) in [6.45, 7) is 0.589. The molecule has 2 atom stereocenters. The van der Waals surface area contributed by atoms with Gasteiger partial charge < -0.3 is 4.74 Å². The molecule has 0 spiro atoms. The monoisotopic (exact) mass is 380 g/mol. The molecule has 2 fully saturated rings. The number of halogens is 3. The van der Waals surface area contributed by atoms with Gasteiger partial charge in [-0.05, 0) is 43.9 Å². The Morgan fingerprint density at radius 3 is 2.54 bits per heavy atom. The molecule has 0 amide bonds. The molecule has 1 saturated heterocycles. The van der Waals surface area contributed by atoms with Crippen LogP contribution in [0.5, 0.6) is 0 Å². The Morgan fingerprint density at radius 2 is 1.85 bits per heavy atom. The van der Waals surface area contributed by atoms with Crippen molar-refractivity contribution in [1.29, 1.82) is 0 Å². The minimum Gasteiger partial charge on any atom is -0.373 e. The Morgan fingerprint density at radius 1 is 1.08 bits per heavy atom. The van der Waals surface area contributed by atoms with E-state index in [0.717, 1.165) is 43.1 Å². The maximum absolute atomic E-state index is 12.9. The first kappa shape index (κ1) is 17.8. The summed E-state index contributed by atoms with van der Waals surface area (Å²) in [6, 6.07) is 5.53. The van der Waals surface area contributed by atoms with Crippen molar-refractivity contribution in [3.8, 4) is 0 Å². The number of thioether (sulfide) groups is 1. The average molecular weight is 380 g/mol. The lowest BCUT2D eigenvalue weighted by atomic mass is 10.0. The van der Waals surface area contributed by atoms with Gasteiger partial charge in [-0.1, -0.05) is 6.07 Å². The number of rotatable bonds is 4. The predicted molar refractivity (Wildman–Crippen MR) is 93.0 cm³/mol. The van der Waals surface area contributed by atoms with Gasteiger partial charge in [-0.2, -0.15) is 13.2 Å². The van der Waals surface area contributed by atoms with E-state index in [2.05, 4.69) is 9.97 Å². The molecule has 0 bridgehead atoms. The highest BCUT2D eigenvalue weighted by molar-refractivity contribution is 8.00. The zero-order valence-corrected chi connectivity index (χ0v) is 14.9. The number of benzene rings is 1. The summed E-state index contributed by atoms with van der Waals surface area (Å²) in [5.74, 6) is 1.42. The van der Waals surface area contributed by atoms with E-state index in [1.54, 1.807) is 6.07 Å². The van der Waals surface area contributed by atoms with Crippen LogP contribution in [0.25, 0.3) is 0 Å². The van der Waals surface area contributed by atoms with Gasteiger partial charge in [-0.3, -0.25) is 0 Å². The molecule has 1 unspecified atom stereocenters. The van der Waals surface area contributed by atoms with Crippen molar-refractivity contribution in [1.82, 2.24) is 9.97 Å². The van der Waals surface area contributed by atoms with Gasteiger partial charge in [0.15, 0.2) is 0 Å². The Labute approximate surface area is 154 Å². The fourth-order valence-corrected chi connectivity index (χ4v) is 4.33. The third kappa shape index (κ3) is 4.20. The van der Waals surface area contributed by atoms with E-state index in [1.807, 2.05) is 12.4 Å². The van der Waals surface area contributed by atoms with Crippen molar-refractivity contribution >= 4 is 11.8 Å². The number of alkyl halides is 3. The molecule has 26 heavy (non-hydrogen) atoms. The van der Waals surface area contributed by atoms with E-state index in [9.17, 15) is 13.2 Å². The maximum atomic E-state index is 12.9. The van der Waals surface area contributed by atoms with Gasteiger partial charge in [-0.15, -0.1) is 11.8 Å². The second-order valence-corrected chi connectivity index (χ2v) is 8.17. The fraction of sp³-hybridized carbons (Fsp3) is 0.474. The van der Waals surface area contributed by atoms with Gasteiger partial charge in [0.2, 0.25) is 0 Å². The predicted octanol–water partition coefficient (Wildman–Crippen LogP) is 5.39. The van der Waals surface area contributed by atoms with Crippen LogP contribution in [-0.2, 0) is 10.9 Å². The van der Waals surface area contributed by atoms with Crippen molar-refractivity contribution in [3.05, 3.63) is 53.6 Å². The molecule has 0 N–H and O–H groups in total. The number of ether oxygens (including phenoxy) is 1. The van der Waals surface area contributed by atoms with Crippen LogP contribution in [0.1, 0.15) is 54.7 Å². The Kier molecular flexibility index (Phi) is 4.92. The van der Waals surface area contributed by atoms with Gasteiger partial charge in [0.05, 0.1) is 11.7 Å². The number of aromatic nitrogens is 2. The molecule has 0 radical (unpaired) electrons. The molecule has 1 aliphatic heterocycles. The topological polar surface area (TPSA) is 35.0 Å². The summed E-state index contributed by atoms with van der Waals surface area (Å²) >= 11 is 1.49. The molecule has 3 nitrogen and oxygen atoms in total. The highest BCUT2D eigenvalue weighted by atomic mass is 32.2. The standard InChI is InChI=1S/C19H19F3N2OS/c20-19(21,22)14-2-1-3-15(8-14)26-16-6-7-25-17(9-16)13-10-23-18(24-11-13)12-4-5-12/h1-3,8,10-12,16-17H,4-7,9H2/t16-,17?/m1/s1. The quantitative estimate of drug-likeness (QED) is 0.713. The van der Waals surface area contributed by atoms with E-state index in [1.165, 1.54) is 23.9 Å². The Bertz CT molecular complexity index is 762. The average Bonchev–Trinajstić information content (AvgIpc) is 3.47. The smallest absolute Gasteiger partial charge is 0.373 e. The first-order chi connectivity index (χ1) is 12.5. The number of hydrogen-bond acceptors (Lipinski definition) is 4. The van der Waals surface area contributed by atoms with Crippen molar-refractivity contribution < 1.29 is 17.9 Å². The largest absolute Gasteiger partial charge is 0.416 e. The second kappa shape index (κ2) is 7.19. The highest BCUT2D eigenvalue weighted by Gasteiger charge is 2.31. The molecule has 2 aromatic rings. The zero-order valence-electron chi connectivity index (χ0n) is 14.1. The normalized spacial score (nSPS) is 23.8. The fourth-order valence-electron chi connectivity index (χ4n) is 3.11. The van der Waals surface area contributed by atoms with Gasteiger partial charge in [-0.25, -0.2) is 9.97 Å². The van der Waals surface area contributed by atoms with Crippen LogP contribution >= 0.6 is 11.8 Å². The first-order valence-electron chi connectivity index (χ1n) is 8.76. The van der Waals surface area contributed by atoms with Crippen LogP contribution in [-0.4, -0.2) is 21.8 Å². The summed E-state index contributed by atoms with van der Waals surface area (Å²) < 4.78 is 44.5. The molecule has 1 aliphatic carbocycles. The van der Waals surface area contributed by atoms with Crippen molar-refractivity contribution in [2.75, 3.05) is 6.61 Å². The van der Waals surface area contributed by atoms with E-state index in [0.29, 0.717) is 17.4 Å². The molecule has 138 valence electrons. The lowest BCUT2D eigenvalue weighted by Crippen LogP contribution is -2.22. The maximum Gasteiger partial charge on any atom is 0.416 e. The summed E-state index contributed by atoms with van der Waals surface area (Å²) in [5, 5.41) is 0.209. The lowest BCUT2D eigenvalue weighted by molar-refractivity contribution is -0.137. The van der Waals surface area contributed by atoms with E-state index in [-0.39, 0.29) is 11.4 Å². The van der Waals surface area contributed by atoms with Crippen LogP contribution < -0.4 is 0 Å². The molecule has 7 heteroatoms. The minimum absolute atomic E-state index is 0.0969. The third-order valence-corrected chi connectivity index (χ3v) is 5.99. The molecule has 1 saturated carbocycles. The van der Waals surface area contributed by atoms with Crippen LogP contribution in [0.4, 0.5) is 13.2 Å². The SMILES string of the molecule is FC(F)(F)c1cccc(S[C@@H]2CCOC(c3cnc(C4CC4)nc3)C2)c1. The second-order valence-electron chi connectivity index (χ2n) is 6.80. The van der Waals surface area contributed by atoms with Gasteiger partial charge in [0, 0.05) is 40.6 Å². The number of nitrogens with zero attached hydrogens (tertiary/aromatic N) is 2. The van der Waals surface area contributed by atoms with Crippen molar-refractivity contribution in [2.24, 2.45) is 0 Å². The van der Waals surface area contributed by atoms with E-state index < -0.39 is 11.7 Å². The van der Waals surface area contributed by atoms with Crippen molar-refractivity contribution in [3.63, 3.8) is 0 Å². The van der Waals surface area contributed by atoms with E-state index >= 15 is 0 Å². The summed E-state index contributed by atoms with van der Waals surface area (Å²) in [7, 11) is 0. The van der Waals surface area contributed by atoms with Crippen LogP contribution in [0.15, 0.2) is 41.6 Å². The van der Waals surface area contributed by atoms with Crippen LogP contribution in [0, 0.1) is 0 Å². The summed E-state index contributed by atoms with van der Waals surface area (Å²) in [6.07, 6.45) is 3.15. The van der Waals surface area contributed by atoms with Crippen LogP contribution in [0.3, 0.4) is 0 Å².